The van der Waals surface area contributed by atoms with E-state index in [9.17, 15) is 8.42 Å². The number of halogens is 1. The van der Waals surface area contributed by atoms with Crippen LogP contribution in [0.2, 0.25) is 0 Å². The number of nitrogens with zero attached hydrogens (tertiary/aromatic N) is 4. The molecule has 0 bridgehead atoms. The monoisotopic (exact) mass is 364 g/mol. The summed E-state index contributed by atoms with van der Waals surface area (Å²) < 4.78 is 28.4. The van der Waals surface area contributed by atoms with E-state index < -0.39 is 10.0 Å². The van der Waals surface area contributed by atoms with Gasteiger partial charge < -0.3 is 0 Å². The van der Waals surface area contributed by atoms with Crippen LogP contribution in [0.5, 0.6) is 0 Å². The minimum atomic E-state index is -3.57. The fourth-order valence-electron chi connectivity index (χ4n) is 2.68. The van der Waals surface area contributed by atoms with E-state index in [4.69, 9.17) is 0 Å². The highest BCUT2D eigenvalue weighted by Gasteiger charge is 2.36. The van der Waals surface area contributed by atoms with Crippen molar-refractivity contribution in [3.8, 4) is 0 Å². The Kier molecular flexibility index (Phi) is 4.28. The van der Waals surface area contributed by atoms with Crippen molar-refractivity contribution in [2.75, 3.05) is 7.05 Å². The van der Waals surface area contributed by atoms with Gasteiger partial charge in [-0.2, -0.15) is 4.31 Å². The molecule has 1 aromatic rings. The molecule has 0 saturated heterocycles. The highest BCUT2D eigenvalue weighted by atomic mass is 79.9. The zero-order chi connectivity index (χ0) is 15.1. The number of hydrogen-bond acceptors (Lipinski definition) is 4. The van der Waals surface area contributed by atoms with Crippen molar-refractivity contribution in [3.05, 3.63) is 4.60 Å². The van der Waals surface area contributed by atoms with Gasteiger partial charge in [0.1, 0.15) is 0 Å². The quantitative estimate of drug-likeness (QED) is 0.823. The average molecular weight is 365 g/mol. The van der Waals surface area contributed by atoms with Crippen molar-refractivity contribution in [1.29, 1.82) is 0 Å². The minimum absolute atomic E-state index is 0.0508. The lowest BCUT2D eigenvalue weighted by Crippen LogP contribution is -2.41. The maximum absolute atomic E-state index is 12.7. The molecule has 0 unspecified atom stereocenters. The Morgan fingerprint density at radius 2 is 1.90 bits per heavy atom. The summed E-state index contributed by atoms with van der Waals surface area (Å²) >= 11 is 3.16. The van der Waals surface area contributed by atoms with Gasteiger partial charge in [-0.05, 0) is 47.0 Å². The summed E-state index contributed by atoms with van der Waals surface area (Å²) in [4.78, 5) is 0. The Morgan fingerprint density at radius 1 is 1.35 bits per heavy atom. The first-order valence-electron chi connectivity index (χ1n) is 6.68. The molecule has 0 amide bonds. The Balaban J connectivity index is 2.23. The molecule has 1 aromatic heterocycles. The van der Waals surface area contributed by atoms with Crippen molar-refractivity contribution in [1.82, 2.24) is 19.3 Å². The standard InChI is InChI=1S/C12H21BrN4O2S/c1-12(2)7-5-9(6-8-12)17(4)20(18,19)11-10(13)14-15-16(11)3/h9H,5-8H2,1-4H3. The van der Waals surface area contributed by atoms with E-state index in [-0.39, 0.29) is 15.7 Å². The SMILES string of the molecule is CN(C1CCC(C)(C)CC1)S(=O)(=O)c1c(Br)nnn1C. The third-order valence-electron chi connectivity index (χ3n) is 4.18. The second-order valence-electron chi connectivity index (χ2n) is 6.23. The smallest absolute Gasteiger partial charge is 0.235 e. The Labute approximate surface area is 128 Å². The lowest BCUT2D eigenvalue weighted by Gasteiger charge is -2.37. The molecule has 20 heavy (non-hydrogen) atoms. The van der Waals surface area contributed by atoms with Crippen LogP contribution in [0.25, 0.3) is 0 Å². The first-order chi connectivity index (χ1) is 9.15. The topological polar surface area (TPSA) is 68.1 Å². The van der Waals surface area contributed by atoms with Crippen molar-refractivity contribution >= 4 is 26.0 Å². The van der Waals surface area contributed by atoms with Crippen molar-refractivity contribution in [2.45, 2.75) is 50.6 Å². The number of rotatable bonds is 3. The van der Waals surface area contributed by atoms with Gasteiger partial charge in [0.15, 0.2) is 4.60 Å². The van der Waals surface area contributed by atoms with Gasteiger partial charge in [0.2, 0.25) is 5.03 Å². The molecule has 1 saturated carbocycles. The van der Waals surface area contributed by atoms with E-state index >= 15 is 0 Å². The molecule has 0 atom stereocenters. The number of aryl methyl sites for hydroxylation is 1. The summed E-state index contributed by atoms with van der Waals surface area (Å²) in [5, 5.41) is 7.62. The van der Waals surface area contributed by atoms with Crippen LogP contribution >= 0.6 is 15.9 Å². The summed E-state index contributed by atoms with van der Waals surface area (Å²) in [6, 6.07) is 0.0508. The van der Waals surface area contributed by atoms with Gasteiger partial charge in [-0.25, -0.2) is 13.1 Å². The molecule has 0 aromatic carbocycles. The van der Waals surface area contributed by atoms with Crippen LogP contribution in [0.1, 0.15) is 39.5 Å². The molecule has 1 aliphatic carbocycles. The van der Waals surface area contributed by atoms with Gasteiger partial charge in [0, 0.05) is 20.1 Å². The van der Waals surface area contributed by atoms with Crippen LogP contribution < -0.4 is 0 Å². The lowest BCUT2D eigenvalue weighted by molar-refractivity contribution is 0.173. The molecule has 2 rings (SSSR count). The zero-order valence-electron chi connectivity index (χ0n) is 12.3. The number of aromatic nitrogens is 3. The summed E-state index contributed by atoms with van der Waals surface area (Å²) in [7, 11) is -0.333. The van der Waals surface area contributed by atoms with Gasteiger partial charge >= 0.3 is 0 Å². The summed E-state index contributed by atoms with van der Waals surface area (Å²) in [6.07, 6.45) is 3.88. The Morgan fingerprint density at radius 3 is 2.35 bits per heavy atom. The Hall–Kier alpha value is -0.470. The zero-order valence-corrected chi connectivity index (χ0v) is 14.7. The highest BCUT2D eigenvalue weighted by Crippen LogP contribution is 2.38. The molecular formula is C12H21BrN4O2S. The van der Waals surface area contributed by atoms with E-state index in [2.05, 4.69) is 40.1 Å². The molecule has 6 nitrogen and oxygen atoms in total. The van der Waals surface area contributed by atoms with E-state index in [0.29, 0.717) is 5.41 Å². The Bertz CT molecular complexity index is 567. The van der Waals surface area contributed by atoms with Crippen molar-refractivity contribution < 1.29 is 8.42 Å². The van der Waals surface area contributed by atoms with E-state index in [0.717, 1.165) is 25.7 Å². The summed E-state index contributed by atoms with van der Waals surface area (Å²) in [6.45, 7) is 4.47. The molecule has 0 aliphatic heterocycles. The third kappa shape index (κ3) is 2.92. The molecule has 0 spiro atoms. The maximum atomic E-state index is 12.7. The van der Waals surface area contributed by atoms with Gasteiger partial charge in [0.05, 0.1) is 0 Å². The van der Waals surface area contributed by atoms with Crippen LogP contribution in [0.15, 0.2) is 9.63 Å². The third-order valence-corrected chi connectivity index (χ3v) is 6.98. The van der Waals surface area contributed by atoms with Crippen LogP contribution in [0.3, 0.4) is 0 Å². The van der Waals surface area contributed by atoms with Crippen LogP contribution in [0, 0.1) is 5.41 Å². The van der Waals surface area contributed by atoms with Crippen molar-refractivity contribution in [2.24, 2.45) is 12.5 Å². The van der Waals surface area contributed by atoms with E-state index in [1.165, 1.54) is 8.99 Å². The second kappa shape index (κ2) is 5.38. The van der Waals surface area contributed by atoms with Gasteiger partial charge in [-0.1, -0.05) is 19.1 Å². The average Bonchev–Trinajstić information content (AvgIpc) is 2.68. The molecule has 8 heteroatoms. The molecule has 1 aliphatic rings. The summed E-state index contributed by atoms with van der Waals surface area (Å²) in [5.74, 6) is 0. The van der Waals surface area contributed by atoms with E-state index in [1.807, 2.05) is 0 Å². The van der Waals surface area contributed by atoms with E-state index in [1.54, 1.807) is 14.1 Å². The van der Waals surface area contributed by atoms with Crippen LogP contribution in [-0.2, 0) is 17.1 Å². The molecule has 0 N–H and O–H groups in total. The fourth-order valence-corrected chi connectivity index (χ4v) is 5.12. The predicted molar refractivity (Wildman–Crippen MR) is 79.7 cm³/mol. The van der Waals surface area contributed by atoms with Crippen molar-refractivity contribution in [3.63, 3.8) is 0 Å². The first kappa shape index (κ1) is 15.9. The highest BCUT2D eigenvalue weighted by molar-refractivity contribution is 9.10. The maximum Gasteiger partial charge on any atom is 0.263 e. The second-order valence-corrected chi connectivity index (χ2v) is 8.89. The normalized spacial score (nSPS) is 20.5. The molecule has 1 fully saturated rings. The predicted octanol–water partition coefficient (Wildman–Crippen LogP) is 2.17. The fraction of sp³-hybridized carbons (Fsp3) is 0.833. The van der Waals surface area contributed by atoms with Gasteiger partial charge in [0.25, 0.3) is 10.0 Å². The molecule has 0 radical (unpaired) electrons. The first-order valence-corrected chi connectivity index (χ1v) is 8.92. The minimum Gasteiger partial charge on any atom is -0.235 e. The lowest BCUT2D eigenvalue weighted by atomic mass is 9.76. The largest absolute Gasteiger partial charge is 0.263 e. The summed E-state index contributed by atoms with van der Waals surface area (Å²) in [5.41, 5.74) is 0.315. The van der Waals surface area contributed by atoms with Gasteiger partial charge in [-0.3, -0.25) is 0 Å². The van der Waals surface area contributed by atoms with Crippen LogP contribution in [-0.4, -0.2) is 40.8 Å². The van der Waals surface area contributed by atoms with Crippen LogP contribution in [0.4, 0.5) is 0 Å². The molecule has 1 heterocycles. The molecule has 114 valence electrons. The number of sulfonamides is 1. The number of hydrogen-bond donors (Lipinski definition) is 0. The van der Waals surface area contributed by atoms with Gasteiger partial charge in [-0.15, -0.1) is 5.10 Å². The molecular weight excluding hydrogens is 344 g/mol.